The second-order valence-corrected chi connectivity index (χ2v) is 4.51. The van der Waals surface area contributed by atoms with Crippen LogP contribution in [-0.4, -0.2) is 16.1 Å². The van der Waals surface area contributed by atoms with Crippen LogP contribution in [0.25, 0.3) is 0 Å². The number of para-hydroxylation sites is 1. The van der Waals surface area contributed by atoms with Crippen LogP contribution in [0.15, 0.2) is 30.3 Å². The number of aromatic nitrogens is 1. The first-order valence-electron chi connectivity index (χ1n) is 5.04. The summed E-state index contributed by atoms with van der Waals surface area (Å²) >= 11 is 1.15. The highest BCUT2D eigenvalue weighted by Gasteiger charge is 2.13. The van der Waals surface area contributed by atoms with E-state index in [-0.39, 0.29) is 17.3 Å². The lowest BCUT2D eigenvalue weighted by molar-refractivity contribution is 0.0701. The summed E-state index contributed by atoms with van der Waals surface area (Å²) in [6, 6.07) is 9.36. The molecule has 4 nitrogen and oxygen atoms in total. The molecule has 18 heavy (non-hydrogen) atoms. The summed E-state index contributed by atoms with van der Waals surface area (Å²) in [5.41, 5.74) is 0.536. The van der Waals surface area contributed by atoms with Crippen molar-refractivity contribution >= 4 is 29.7 Å². The molecule has 0 bridgehead atoms. The van der Waals surface area contributed by atoms with Crippen molar-refractivity contribution < 1.29 is 14.6 Å². The van der Waals surface area contributed by atoms with Gasteiger partial charge in [0, 0.05) is 0 Å². The standard InChI is InChI=1S/C12H11NO3S.ClH/c1-8-11(12(14)15)17-10(13-8)7-16-9-5-3-2-4-6-9;/h2-6H,7H2,1H3,(H,14,15);1H. The second kappa shape index (κ2) is 6.37. The number of hydrogen-bond donors (Lipinski definition) is 1. The van der Waals surface area contributed by atoms with Crippen molar-refractivity contribution in [2.24, 2.45) is 0 Å². The Hall–Kier alpha value is -1.59. The number of aryl methyl sites for hydroxylation is 1. The molecule has 0 atom stereocenters. The van der Waals surface area contributed by atoms with Gasteiger partial charge in [-0.25, -0.2) is 9.78 Å². The zero-order valence-corrected chi connectivity index (χ0v) is 11.3. The maximum absolute atomic E-state index is 10.8. The summed E-state index contributed by atoms with van der Waals surface area (Å²) in [5, 5.41) is 9.56. The summed E-state index contributed by atoms with van der Waals surface area (Å²) in [5.74, 6) is -0.191. The quantitative estimate of drug-likeness (QED) is 0.937. The van der Waals surface area contributed by atoms with Crippen molar-refractivity contribution in [2.75, 3.05) is 0 Å². The summed E-state index contributed by atoms with van der Waals surface area (Å²) in [6.07, 6.45) is 0. The van der Waals surface area contributed by atoms with E-state index in [2.05, 4.69) is 4.98 Å². The molecule has 1 N–H and O–H groups in total. The largest absolute Gasteiger partial charge is 0.486 e. The third-order valence-corrected chi connectivity index (χ3v) is 3.26. The Morgan fingerprint density at radius 2 is 2.06 bits per heavy atom. The van der Waals surface area contributed by atoms with Gasteiger partial charge in [-0.2, -0.15) is 0 Å². The van der Waals surface area contributed by atoms with E-state index in [1.807, 2.05) is 30.3 Å². The number of thiazole rings is 1. The van der Waals surface area contributed by atoms with E-state index in [0.29, 0.717) is 17.3 Å². The van der Waals surface area contributed by atoms with Crippen LogP contribution in [0.1, 0.15) is 20.4 Å². The molecule has 1 aromatic heterocycles. The maximum Gasteiger partial charge on any atom is 0.347 e. The monoisotopic (exact) mass is 285 g/mol. The molecule has 6 heteroatoms. The van der Waals surface area contributed by atoms with Crippen molar-refractivity contribution in [1.29, 1.82) is 0 Å². The van der Waals surface area contributed by atoms with E-state index in [0.717, 1.165) is 17.1 Å². The number of carboxylic acids is 1. The molecule has 0 amide bonds. The third kappa shape index (κ3) is 3.45. The van der Waals surface area contributed by atoms with E-state index in [4.69, 9.17) is 9.84 Å². The summed E-state index contributed by atoms with van der Waals surface area (Å²) < 4.78 is 5.50. The zero-order chi connectivity index (χ0) is 12.3. The van der Waals surface area contributed by atoms with Crippen molar-refractivity contribution in [2.45, 2.75) is 13.5 Å². The fraction of sp³-hybridized carbons (Fsp3) is 0.167. The number of rotatable bonds is 4. The molecule has 0 aliphatic carbocycles. The number of benzene rings is 1. The molecule has 2 aromatic rings. The molecule has 0 aliphatic rings. The van der Waals surface area contributed by atoms with Crippen molar-refractivity contribution in [1.82, 2.24) is 4.98 Å². The van der Waals surface area contributed by atoms with Gasteiger partial charge in [-0.1, -0.05) is 18.2 Å². The number of aromatic carboxylic acids is 1. The molecule has 0 unspecified atom stereocenters. The van der Waals surface area contributed by atoms with Crippen LogP contribution in [0.2, 0.25) is 0 Å². The van der Waals surface area contributed by atoms with E-state index in [1.54, 1.807) is 6.92 Å². The fourth-order valence-corrected chi connectivity index (χ4v) is 2.19. The predicted octanol–water partition coefficient (Wildman–Crippen LogP) is 3.15. The van der Waals surface area contributed by atoms with Gasteiger partial charge < -0.3 is 9.84 Å². The maximum atomic E-state index is 10.8. The normalized spacial score (nSPS) is 9.61. The van der Waals surface area contributed by atoms with Gasteiger partial charge in [-0.15, -0.1) is 23.7 Å². The molecule has 0 radical (unpaired) electrons. The van der Waals surface area contributed by atoms with Crippen LogP contribution in [0, 0.1) is 6.92 Å². The minimum absolute atomic E-state index is 0. The van der Waals surface area contributed by atoms with Crippen molar-refractivity contribution in [3.63, 3.8) is 0 Å². The lowest BCUT2D eigenvalue weighted by Gasteiger charge is -2.02. The average molecular weight is 286 g/mol. The first-order valence-corrected chi connectivity index (χ1v) is 5.86. The smallest absolute Gasteiger partial charge is 0.347 e. The van der Waals surface area contributed by atoms with Gasteiger partial charge in [0.15, 0.2) is 0 Å². The van der Waals surface area contributed by atoms with Crippen molar-refractivity contribution in [3.05, 3.63) is 45.9 Å². The molecule has 1 aromatic carbocycles. The number of carboxylic acid groups (broad SMARTS) is 1. The Kier molecular flexibility index (Phi) is 5.12. The molecular formula is C12H12ClNO3S. The Balaban J connectivity index is 0.00000162. The number of ether oxygens (including phenoxy) is 1. The van der Waals surface area contributed by atoms with Crippen molar-refractivity contribution in [3.8, 4) is 5.75 Å². The molecule has 0 saturated carbocycles. The highest BCUT2D eigenvalue weighted by molar-refractivity contribution is 7.13. The van der Waals surface area contributed by atoms with E-state index in [9.17, 15) is 4.79 Å². The molecule has 0 spiro atoms. The Labute approximate surface area is 115 Å². The zero-order valence-electron chi connectivity index (χ0n) is 9.62. The van der Waals surface area contributed by atoms with E-state index in [1.165, 1.54) is 0 Å². The SMILES string of the molecule is Cc1nc(COc2ccccc2)sc1C(=O)O.Cl. The molecule has 0 saturated heterocycles. The van der Waals surface area contributed by atoms with Crippen LogP contribution in [0.4, 0.5) is 0 Å². The second-order valence-electron chi connectivity index (χ2n) is 3.43. The van der Waals surface area contributed by atoms with E-state index < -0.39 is 5.97 Å². The number of hydrogen-bond acceptors (Lipinski definition) is 4. The number of carbonyl (C=O) groups is 1. The molecule has 1 heterocycles. The van der Waals surface area contributed by atoms with Gasteiger partial charge in [-0.3, -0.25) is 0 Å². The molecule has 0 aliphatic heterocycles. The molecule has 2 rings (SSSR count). The number of halogens is 1. The topological polar surface area (TPSA) is 59.4 Å². The van der Waals surface area contributed by atoms with Crippen LogP contribution >= 0.6 is 23.7 Å². The van der Waals surface area contributed by atoms with E-state index >= 15 is 0 Å². The molecule has 0 fully saturated rings. The molecule has 96 valence electrons. The third-order valence-electron chi connectivity index (χ3n) is 2.14. The fourth-order valence-electron chi connectivity index (χ4n) is 1.37. The molecular weight excluding hydrogens is 274 g/mol. The summed E-state index contributed by atoms with van der Waals surface area (Å²) in [6.45, 7) is 1.98. The first kappa shape index (κ1) is 14.5. The highest BCUT2D eigenvalue weighted by atomic mass is 35.5. The predicted molar refractivity (Wildman–Crippen MR) is 71.8 cm³/mol. The van der Waals surface area contributed by atoms with Gasteiger partial charge >= 0.3 is 5.97 Å². The first-order chi connectivity index (χ1) is 8.16. The Morgan fingerprint density at radius 1 is 1.39 bits per heavy atom. The van der Waals surface area contributed by atoms with Crippen LogP contribution in [0.5, 0.6) is 5.75 Å². The minimum atomic E-state index is -0.939. The van der Waals surface area contributed by atoms with Gasteiger partial charge in [0.05, 0.1) is 5.69 Å². The summed E-state index contributed by atoms with van der Waals surface area (Å²) in [4.78, 5) is 15.3. The lowest BCUT2D eigenvalue weighted by Crippen LogP contribution is -1.94. The van der Waals surface area contributed by atoms with Crippen LogP contribution in [-0.2, 0) is 6.61 Å². The number of nitrogens with zero attached hydrogens (tertiary/aromatic N) is 1. The summed E-state index contributed by atoms with van der Waals surface area (Å²) in [7, 11) is 0. The average Bonchev–Trinajstić information content (AvgIpc) is 2.69. The van der Waals surface area contributed by atoms with Crippen LogP contribution in [0.3, 0.4) is 0 Å². The van der Waals surface area contributed by atoms with Gasteiger partial charge in [-0.05, 0) is 19.1 Å². The van der Waals surface area contributed by atoms with Gasteiger partial charge in [0.2, 0.25) is 0 Å². The minimum Gasteiger partial charge on any atom is -0.486 e. The van der Waals surface area contributed by atoms with Gasteiger partial charge in [0.25, 0.3) is 0 Å². The Morgan fingerprint density at radius 3 is 2.61 bits per heavy atom. The van der Waals surface area contributed by atoms with Gasteiger partial charge in [0.1, 0.15) is 22.2 Å². The highest BCUT2D eigenvalue weighted by Crippen LogP contribution is 2.19. The van der Waals surface area contributed by atoms with Crippen LogP contribution < -0.4 is 4.74 Å². The Bertz CT molecular complexity index is 527. The lowest BCUT2D eigenvalue weighted by atomic mass is 10.3.